The van der Waals surface area contributed by atoms with E-state index in [4.69, 9.17) is 9.47 Å². The molecule has 1 aliphatic heterocycles. The smallest absolute Gasteiger partial charge is 0.220 e. The van der Waals surface area contributed by atoms with Crippen molar-refractivity contribution in [3.05, 3.63) is 35.9 Å². The lowest BCUT2D eigenvalue weighted by molar-refractivity contribution is -0.123. The van der Waals surface area contributed by atoms with E-state index in [-0.39, 0.29) is 11.4 Å². The second-order valence-electron chi connectivity index (χ2n) is 5.05. The summed E-state index contributed by atoms with van der Waals surface area (Å²) in [4.78, 5) is 12.0. The normalized spacial score (nSPS) is 22.4. The first-order valence-electron chi connectivity index (χ1n) is 6.66. The lowest BCUT2D eigenvalue weighted by atomic mass is 9.99. The summed E-state index contributed by atoms with van der Waals surface area (Å²) in [5.41, 5.74) is 0.851. The van der Waals surface area contributed by atoms with Gasteiger partial charge in [0.15, 0.2) is 0 Å². The van der Waals surface area contributed by atoms with Gasteiger partial charge in [-0.15, -0.1) is 0 Å². The second kappa shape index (κ2) is 6.68. The average molecular weight is 263 g/mol. The van der Waals surface area contributed by atoms with E-state index in [1.165, 1.54) is 5.56 Å². The van der Waals surface area contributed by atoms with Crippen molar-refractivity contribution in [2.45, 2.75) is 24.8 Å². The minimum atomic E-state index is -0.331. The van der Waals surface area contributed by atoms with Crippen LogP contribution in [0.3, 0.4) is 0 Å². The minimum absolute atomic E-state index is 0.0615. The molecule has 104 valence electrons. The first kappa shape index (κ1) is 14.0. The molecule has 1 saturated heterocycles. The summed E-state index contributed by atoms with van der Waals surface area (Å²) in [6.45, 7) is 1.73. The largest absolute Gasteiger partial charge is 0.382 e. The van der Waals surface area contributed by atoms with Gasteiger partial charge in [0.05, 0.1) is 18.8 Å². The third kappa shape index (κ3) is 4.04. The van der Waals surface area contributed by atoms with Gasteiger partial charge in [-0.1, -0.05) is 30.3 Å². The van der Waals surface area contributed by atoms with Gasteiger partial charge in [-0.05, 0) is 18.4 Å². The zero-order chi connectivity index (χ0) is 13.6. The molecule has 1 amide bonds. The van der Waals surface area contributed by atoms with E-state index in [1.54, 1.807) is 7.11 Å². The van der Waals surface area contributed by atoms with Gasteiger partial charge in [0.1, 0.15) is 0 Å². The molecule has 1 aromatic rings. The minimum Gasteiger partial charge on any atom is -0.382 e. The highest BCUT2D eigenvalue weighted by atomic mass is 16.5. The van der Waals surface area contributed by atoms with Crippen LogP contribution < -0.4 is 5.32 Å². The molecular weight excluding hydrogens is 242 g/mol. The van der Waals surface area contributed by atoms with Crippen molar-refractivity contribution in [2.75, 3.05) is 26.9 Å². The van der Waals surface area contributed by atoms with Gasteiger partial charge in [-0.2, -0.15) is 0 Å². The van der Waals surface area contributed by atoms with Gasteiger partial charge >= 0.3 is 0 Å². The number of aryl methyl sites for hydroxylation is 1. The highest BCUT2D eigenvalue weighted by molar-refractivity contribution is 5.77. The zero-order valence-corrected chi connectivity index (χ0v) is 11.4. The van der Waals surface area contributed by atoms with E-state index in [2.05, 4.69) is 5.32 Å². The summed E-state index contributed by atoms with van der Waals surface area (Å²) in [7, 11) is 1.65. The van der Waals surface area contributed by atoms with E-state index in [0.29, 0.717) is 26.2 Å². The lowest BCUT2D eigenvalue weighted by Crippen LogP contribution is -2.52. The first-order valence-corrected chi connectivity index (χ1v) is 6.66. The third-order valence-electron chi connectivity index (χ3n) is 3.41. The van der Waals surface area contributed by atoms with Crippen molar-refractivity contribution >= 4 is 5.91 Å². The van der Waals surface area contributed by atoms with Gasteiger partial charge in [0.2, 0.25) is 5.91 Å². The number of hydrogen-bond donors (Lipinski definition) is 1. The summed E-state index contributed by atoms with van der Waals surface area (Å²) in [5, 5.41) is 3.07. The molecule has 0 spiro atoms. The van der Waals surface area contributed by atoms with Gasteiger partial charge in [0, 0.05) is 20.1 Å². The maximum absolute atomic E-state index is 12.0. The molecule has 1 atom stereocenters. The quantitative estimate of drug-likeness (QED) is 0.847. The molecule has 0 radical (unpaired) electrons. The predicted octanol–water partition coefficient (Wildman–Crippen LogP) is 1.54. The fraction of sp³-hybridized carbons (Fsp3) is 0.533. The molecule has 19 heavy (non-hydrogen) atoms. The van der Waals surface area contributed by atoms with E-state index in [9.17, 15) is 4.79 Å². The van der Waals surface area contributed by atoms with Crippen LogP contribution in [0.1, 0.15) is 18.4 Å². The van der Waals surface area contributed by atoms with Crippen LogP contribution in [0.4, 0.5) is 0 Å². The molecule has 1 aromatic carbocycles. The highest BCUT2D eigenvalue weighted by Crippen LogP contribution is 2.19. The number of ether oxygens (including phenoxy) is 2. The number of nitrogens with one attached hydrogen (secondary N) is 1. The van der Waals surface area contributed by atoms with Crippen LogP contribution >= 0.6 is 0 Å². The first-order chi connectivity index (χ1) is 9.24. The standard InChI is InChI=1S/C15H21NO3/c1-18-11-15(9-10-19-12-15)16-14(17)8-7-13-5-3-2-4-6-13/h2-6H,7-12H2,1H3,(H,16,17). The molecule has 0 saturated carbocycles. The van der Waals surface area contributed by atoms with Crippen molar-refractivity contribution in [2.24, 2.45) is 0 Å². The summed E-state index contributed by atoms with van der Waals surface area (Å²) >= 11 is 0. The third-order valence-corrected chi connectivity index (χ3v) is 3.41. The summed E-state index contributed by atoms with van der Waals surface area (Å²) in [5.74, 6) is 0.0615. The van der Waals surface area contributed by atoms with Crippen molar-refractivity contribution < 1.29 is 14.3 Å². The molecule has 1 fully saturated rings. The summed E-state index contributed by atoms with van der Waals surface area (Å²) in [6.07, 6.45) is 2.07. The molecule has 0 aliphatic carbocycles. The maximum atomic E-state index is 12.0. The van der Waals surface area contributed by atoms with Crippen LogP contribution in [0.2, 0.25) is 0 Å². The highest BCUT2D eigenvalue weighted by Gasteiger charge is 2.36. The number of carbonyl (C=O) groups is 1. The maximum Gasteiger partial charge on any atom is 0.220 e. The Morgan fingerprint density at radius 3 is 2.84 bits per heavy atom. The molecular formula is C15H21NO3. The number of carbonyl (C=O) groups excluding carboxylic acids is 1. The zero-order valence-electron chi connectivity index (χ0n) is 11.4. The van der Waals surface area contributed by atoms with Crippen molar-refractivity contribution in [3.8, 4) is 0 Å². The summed E-state index contributed by atoms with van der Waals surface area (Å²) < 4.78 is 10.6. The number of amides is 1. The Morgan fingerprint density at radius 2 is 2.21 bits per heavy atom. The lowest BCUT2D eigenvalue weighted by Gasteiger charge is -2.27. The molecule has 4 heteroatoms. The Balaban J connectivity index is 1.83. The number of methoxy groups -OCH3 is 1. The van der Waals surface area contributed by atoms with Crippen LogP contribution in [-0.2, 0) is 20.7 Å². The van der Waals surface area contributed by atoms with E-state index >= 15 is 0 Å². The van der Waals surface area contributed by atoms with E-state index in [1.807, 2.05) is 30.3 Å². The van der Waals surface area contributed by atoms with Gasteiger partial charge in [0.25, 0.3) is 0 Å². The van der Waals surface area contributed by atoms with Crippen LogP contribution in [-0.4, -0.2) is 38.4 Å². The van der Waals surface area contributed by atoms with Crippen molar-refractivity contribution in [1.29, 1.82) is 0 Å². The fourth-order valence-corrected chi connectivity index (χ4v) is 2.39. The van der Waals surface area contributed by atoms with Crippen LogP contribution in [0, 0.1) is 0 Å². The Labute approximate surface area is 114 Å². The summed E-state index contributed by atoms with van der Waals surface area (Å²) in [6, 6.07) is 10.0. The molecule has 2 rings (SSSR count). The Morgan fingerprint density at radius 1 is 1.42 bits per heavy atom. The van der Waals surface area contributed by atoms with Gasteiger partial charge < -0.3 is 14.8 Å². The van der Waals surface area contributed by atoms with Crippen molar-refractivity contribution in [1.82, 2.24) is 5.32 Å². The van der Waals surface area contributed by atoms with Gasteiger partial charge in [-0.3, -0.25) is 4.79 Å². The second-order valence-corrected chi connectivity index (χ2v) is 5.05. The molecule has 0 aromatic heterocycles. The molecule has 1 unspecified atom stereocenters. The van der Waals surface area contributed by atoms with Crippen molar-refractivity contribution in [3.63, 3.8) is 0 Å². The SMILES string of the molecule is COCC1(NC(=O)CCc2ccccc2)CCOC1. The number of benzene rings is 1. The Kier molecular flexibility index (Phi) is 4.93. The van der Waals surface area contributed by atoms with E-state index in [0.717, 1.165) is 12.8 Å². The molecule has 1 aliphatic rings. The van der Waals surface area contributed by atoms with Crippen LogP contribution in [0.25, 0.3) is 0 Å². The number of rotatable bonds is 6. The Hall–Kier alpha value is -1.39. The van der Waals surface area contributed by atoms with Gasteiger partial charge in [-0.25, -0.2) is 0 Å². The molecule has 0 bridgehead atoms. The monoisotopic (exact) mass is 263 g/mol. The van der Waals surface area contributed by atoms with Crippen LogP contribution in [0.15, 0.2) is 30.3 Å². The number of hydrogen-bond acceptors (Lipinski definition) is 3. The molecule has 4 nitrogen and oxygen atoms in total. The molecule has 1 N–H and O–H groups in total. The Bertz CT molecular complexity index is 399. The van der Waals surface area contributed by atoms with Crippen LogP contribution in [0.5, 0.6) is 0 Å². The predicted molar refractivity (Wildman–Crippen MR) is 72.9 cm³/mol. The topological polar surface area (TPSA) is 47.6 Å². The molecule has 1 heterocycles. The fourth-order valence-electron chi connectivity index (χ4n) is 2.39. The van der Waals surface area contributed by atoms with E-state index < -0.39 is 0 Å². The average Bonchev–Trinajstić information content (AvgIpc) is 2.86.